The van der Waals surface area contributed by atoms with Crippen LogP contribution in [-0.2, 0) is 4.79 Å². The molecule has 124 valence electrons. The monoisotopic (exact) mass is 446 g/mol. The highest BCUT2D eigenvalue weighted by Gasteiger charge is 2.43. The Bertz CT molecular complexity index is 362. The van der Waals surface area contributed by atoms with Gasteiger partial charge in [-0.05, 0) is 31.1 Å². The maximum atomic E-state index is 12.0. The summed E-state index contributed by atoms with van der Waals surface area (Å²) >= 11 is 5.69. The number of aliphatic hydroxyl groups is 1. The first-order chi connectivity index (χ1) is 9.17. The molecular weight excluding hydrogens is 423 g/mol. The topological polar surface area (TPSA) is 43.8 Å². The summed E-state index contributed by atoms with van der Waals surface area (Å²) in [7, 11) is 0. The smallest absolute Gasteiger partial charge is 0.222 e. The number of fused-ring (bicyclic) bond motifs is 4. The highest BCUT2D eigenvalue weighted by atomic mass is 79.9. The van der Waals surface area contributed by atoms with Crippen molar-refractivity contribution in [3.63, 3.8) is 0 Å². The van der Waals surface area contributed by atoms with Crippen LogP contribution in [0.4, 0.5) is 0 Å². The van der Waals surface area contributed by atoms with E-state index in [1.807, 2.05) is 0 Å². The van der Waals surface area contributed by atoms with Gasteiger partial charge in [0.1, 0.15) is 0 Å². The van der Waals surface area contributed by atoms with E-state index in [4.69, 9.17) is 11.6 Å². The van der Waals surface area contributed by atoms with Gasteiger partial charge < -0.3 is 14.9 Å². The molecule has 0 aromatic rings. The summed E-state index contributed by atoms with van der Waals surface area (Å²) in [5, 5.41) is 9.71. The molecule has 3 saturated heterocycles. The Kier molecular flexibility index (Phi) is 7.95. The number of carbonyl (C=O) groups excluding carboxylic acids is 1. The van der Waals surface area contributed by atoms with Gasteiger partial charge in [-0.1, -0.05) is 0 Å². The van der Waals surface area contributed by atoms with Gasteiger partial charge in [-0.2, -0.15) is 0 Å². The van der Waals surface area contributed by atoms with Gasteiger partial charge in [-0.15, -0.1) is 45.6 Å². The average molecular weight is 449 g/mol. The number of rotatable bonds is 3. The molecule has 3 heterocycles. The van der Waals surface area contributed by atoms with Crippen LogP contribution in [0.25, 0.3) is 0 Å². The van der Waals surface area contributed by atoms with Gasteiger partial charge in [0, 0.05) is 44.5 Å². The van der Waals surface area contributed by atoms with Gasteiger partial charge in [-0.25, -0.2) is 0 Å². The third-order valence-corrected chi connectivity index (χ3v) is 5.26. The highest BCUT2D eigenvalue weighted by Crippen LogP contribution is 2.37. The second-order valence-corrected chi connectivity index (χ2v) is 6.70. The van der Waals surface area contributed by atoms with Crippen molar-refractivity contribution in [1.29, 1.82) is 0 Å². The number of nitrogens with zero attached hydrogens (tertiary/aromatic N) is 2. The molecule has 0 aromatic heterocycles. The average Bonchev–Trinajstić information content (AvgIpc) is 2.40. The summed E-state index contributed by atoms with van der Waals surface area (Å²) in [5.41, 5.74) is 0. The van der Waals surface area contributed by atoms with Crippen LogP contribution in [0.15, 0.2) is 0 Å². The van der Waals surface area contributed by atoms with Crippen LogP contribution in [0, 0.1) is 11.8 Å². The molecule has 3 aliphatic rings. The van der Waals surface area contributed by atoms with E-state index < -0.39 is 6.10 Å². The van der Waals surface area contributed by atoms with Gasteiger partial charge in [0.05, 0.1) is 6.10 Å². The van der Waals surface area contributed by atoms with Crippen molar-refractivity contribution in [2.24, 2.45) is 11.8 Å². The van der Waals surface area contributed by atoms with E-state index in [0.29, 0.717) is 36.2 Å². The maximum absolute atomic E-state index is 12.0. The Morgan fingerprint density at radius 3 is 2.76 bits per heavy atom. The molecule has 4 nitrogen and oxygen atoms in total. The fraction of sp³-hybridized carbons (Fsp3) is 0.929. The minimum absolute atomic E-state index is 0. The summed E-state index contributed by atoms with van der Waals surface area (Å²) < 4.78 is 0. The van der Waals surface area contributed by atoms with Crippen molar-refractivity contribution >= 4 is 51.5 Å². The van der Waals surface area contributed by atoms with Crippen molar-refractivity contribution < 1.29 is 9.90 Å². The molecule has 1 N–H and O–H groups in total. The zero-order valence-corrected chi connectivity index (χ0v) is 16.3. The lowest BCUT2D eigenvalue weighted by molar-refractivity contribution is -0.145. The third-order valence-electron chi connectivity index (χ3n) is 4.90. The third kappa shape index (κ3) is 4.34. The fourth-order valence-corrected chi connectivity index (χ4v) is 4.31. The lowest BCUT2D eigenvalue weighted by atomic mass is 9.76. The number of carbonyl (C=O) groups is 1. The number of alkyl halides is 1. The van der Waals surface area contributed by atoms with E-state index in [0.717, 1.165) is 38.9 Å². The fourth-order valence-electron chi connectivity index (χ4n) is 4.21. The molecular formula is C14H25Br2ClN2O2. The molecule has 7 heteroatoms. The molecule has 0 radical (unpaired) electrons. The highest BCUT2D eigenvalue weighted by molar-refractivity contribution is 8.93. The Balaban J connectivity index is 0.00000110. The van der Waals surface area contributed by atoms with Crippen LogP contribution >= 0.6 is 45.6 Å². The Morgan fingerprint density at radius 2 is 2.05 bits per heavy atom. The first-order valence-electron chi connectivity index (χ1n) is 7.43. The largest absolute Gasteiger partial charge is 0.391 e. The Hall–Kier alpha value is 0.640. The number of likely N-dealkylation sites (tertiary alicyclic amines) is 1. The van der Waals surface area contributed by atoms with Gasteiger partial charge in [0.2, 0.25) is 5.91 Å². The summed E-state index contributed by atoms with van der Waals surface area (Å²) in [4.78, 5) is 16.5. The molecule has 0 aliphatic carbocycles. The molecule has 0 aromatic carbocycles. The van der Waals surface area contributed by atoms with Gasteiger partial charge >= 0.3 is 0 Å². The summed E-state index contributed by atoms with van der Waals surface area (Å²) in [6.45, 7) is 3.62. The van der Waals surface area contributed by atoms with Crippen LogP contribution in [0.2, 0.25) is 0 Å². The molecule has 2 bridgehead atoms. The molecule has 4 unspecified atom stereocenters. The molecule has 0 saturated carbocycles. The van der Waals surface area contributed by atoms with Crippen molar-refractivity contribution in [2.75, 3.05) is 32.1 Å². The van der Waals surface area contributed by atoms with Crippen molar-refractivity contribution in [3.8, 4) is 0 Å². The molecule has 3 aliphatic heterocycles. The van der Waals surface area contributed by atoms with Crippen LogP contribution in [0.3, 0.4) is 0 Å². The standard InChI is InChI=1S/C14H23ClN2O2.2BrH/c15-5-12(18)9-16-6-10-4-11(8-16)13-2-1-3-14(19)17(13)7-10;;/h10-13,18H,1-9H2;2*1H. The van der Waals surface area contributed by atoms with E-state index in [2.05, 4.69) is 9.80 Å². The van der Waals surface area contributed by atoms with E-state index in [1.54, 1.807) is 0 Å². The normalized spacial score (nSPS) is 33.5. The molecule has 4 atom stereocenters. The zero-order valence-electron chi connectivity index (χ0n) is 12.1. The number of amides is 1. The van der Waals surface area contributed by atoms with Gasteiger partial charge in [-0.3, -0.25) is 4.79 Å². The number of hydrogen-bond acceptors (Lipinski definition) is 3. The first-order valence-corrected chi connectivity index (χ1v) is 7.96. The van der Waals surface area contributed by atoms with E-state index in [-0.39, 0.29) is 34.0 Å². The Morgan fingerprint density at radius 1 is 1.29 bits per heavy atom. The predicted molar refractivity (Wildman–Crippen MR) is 94.8 cm³/mol. The van der Waals surface area contributed by atoms with E-state index in [9.17, 15) is 9.90 Å². The van der Waals surface area contributed by atoms with Crippen LogP contribution < -0.4 is 0 Å². The second kappa shape index (κ2) is 8.48. The number of piperidine rings is 3. The molecule has 3 fully saturated rings. The molecule has 21 heavy (non-hydrogen) atoms. The maximum Gasteiger partial charge on any atom is 0.222 e. The number of β-amino-alcohol motifs (C(OH)–C–C–N with tert-alkyl or cyclic N) is 1. The van der Waals surface area contributed by atoms with Crippen LogP contribution in [-0.4, -0.2) is 65.0 Å². The molecule has 0 spiro atoms. The van der Waals surface area contributed by atoms with Crippen molar-refractivity contribution in [1.82, 2.24) is 9.80 Å². The minimum atomic E-state index is -0.426. The number of hydrogen-bond donors (Lipinski definition) is 1. The van der Waals surface area contributed by atoms with E-state index in [1.165, 1.54) is 6.42 Å². The second-order valence-electron chi connectivity index (χ2n) is 6.39. The SMILES string of the molecule is Br.Br.O=C1CCCC2C3CC(CN(CC(O)CCl)C3)CN12. The summed E-state index contributed by atoms with van der Waals surface area (Å²) in [6.07, 6.45) is 3.78. The summed E-state index contributed by atoms with van der Waals surface area (Å²) in [5.74, 6) is 1.85. The van der Waals surface area contributed by atoms with Gasteiger partial charge in [0.25, 0.3) is 0 Å². The predicted octanol–water partition coefficient (Wildman–Crippen LogP) is 2.07. The number of aliphatic hydroxyl groups excluding tert-OH is 1. The van der Waals surface area contributed by atoms with Crippen LogP contribution in [0.5, 0.6) is 0 Å². The number of halogens is 3. The summed E-state index contributed by atoms with van der Waals surface area (Å²) in [6, 6.07) is 0.452. The lowest BCUT2D eigenvalue weighted by Gasteiger charge is -2.52. The van der Waals surface area contributed by atoms with Crippen molar-refractivity contribution in [3.05, 3.63) is 0 Å². The van der Waals surface area contributed by atoms with E-state index >= 15 is 0 Å². The molecule has 1 amide bonds. The van der Waals surface area contributed by atoms with Crippen LogP contribution in [0.1, 0.15) is 25.7 Å². The molecule has 3 rings (SSSR count). The lowest BCUT2D eigenvalue weighted by Crippen LogP contribution is -2.61. The van der Waals surface area contributed by atoms with Gasteiger partial charge in [0.15, 0.2) is 0 Å². The Labute approximate surface area is 152 Å². The first kappa shape index (κ1) is 19.7. The quantitative estimate of drug-likeness (QED) is 0.673. The van der Waals surface area contributed by atoms with Crippen molar-refractivity contribution in [2.45, 2.75) is 37.8 Å². The zero-order chi connectivity index (χ0) is 13.4. The minimum Gasteiger partial charge on any atom is -0.391 e.